The molecule has 0 atom stereocenters. The topological polar surface area (TPSA) is 53.4 Å². The van der Waals surface area contributed by atoms with E-state index in [9.17, 15) is 9.90 Å². The Morgan fingerprint density at radius 1 is 1.42 bits per heavy atom. The van der Waals surface area contributed by atoms with Gasteiger partial charge < -0.3 is 10.0 Å². The standard InChI is InChI=1S/C13H14N2O2S2/c16-9-3-5-15(6-4-9)13(17)11-8-14-12(19-11)10-2-1-7-18-10/h1-2,7-9,16H,3-6H2. The summed E-state index contributed by atoms with van der Waals surface area (Å²) in [5.41, 5.74) is 0. The lowest BCUT2D eigenvalue weighted by molar-refractivity contribution is 0.0550. The number of nitrogens with zero attached hydrogens (tertiary/aromatic N) is 2. The van der Waals surface area contributed by atoms with E-state index in [1.807, 2.05) is 17.5 Å². The molecule has 0 saturated carbocycles. The van der Waals surface area contributed by atoms with Crippen molar-refractivity contribution >= 4 is 28.6 Å². The maximum absolute atomic E-state index is 12.3. The van der Waals surface area contributed by atoms with Crippen LogP contribution in [0.1, 0.15) is 22.5 Å². The largest absolute Gasteiger partial charge is 0.393 e. The van der Waals surface area contributed by atoms with E-state index < -0.39 is 0 Å². The minimum Gasteiger partial charge on any atom is -0.393 e. The second kappa shape index (κ2) is 5.40. The van der Waals surface area contributed by atoms with Gasteiger partial charge in [0.1, 0.15) is 9.88 Å². The summed E-state index contributed by atoms with van der Waals surface area (Å²) in [5.74, 6) is 0.0345. The van der Waals surface area contributed by atoms with Gasteiger partial charge in [0.25, 0.3) is 5.91 Å². The number of thiazole rings is 1. The first-order chi connectivity index (χ1) is 9.24. The Balaban J connectivity index is 1.74. The first-order valence-corrected chi connectivity index (χ1v) is 7.90. The molecular formula is C13H14N2O2S2. The number of hydrogen-bond acceptors (Lipinski definition) is 5. The van der Waals surface area contributed by atoms with Crippen molar-refractivity contribution in [2.24, 2.45) is 0 Å². The lowest BCUT2D eigenvalue weighted by Crippen LogP contribution is -2.39. The molecule has 0 bridgehead atoms. The van der Waals surface area contributed by atoms with Crippen LogP contribution in [0.4, 0.5) is 0 Å². The van der Waals surface area contributed by atoms with Gasteiger partial charge in [-0.1, -0.05) is 6.07 Å². The molecule has 1 amide bonds. The summed E-state index contributed by atoms with van der Waals surface area (Å²) in [6, 6.07) is 3.99. The molecule has 1 saturated heterocycles. The van der Waals surface area contributed by atoms with Crippen LogP contribution in [-0.4, -0.2) is 40.1 Å². The van der Waals surface area contributed by atoms with Crippen LogP contribution >= 0.6 is 22.7 Å². The summed E-state index contributed by atoms with van der Waals surface area (Å²) in [4.78, 5) is 20.2. The van der Waals surface area contributed by atoms with Crippen molar-refractivity contribution in [1.82, 2.24) is 9.88 Å². The van der Waals surface area contributed by atoms with Crippen molar-refractivity contribution in [2.75, 3.05) is 13.1 Å². The van der Waals surface area contributed by atoms with Crippen LogP contribution in [0.5, 0.6) is 0 Å². The predicted molar refractivity (Wildman–Crippen MR) is 76.6 cm³/mol. The molecule has 0 aliphatic carbocycles. The van der Waals surface area contributed by atoms with Crippen LogP contribution in [-0.2, 0) is 0 Å². The summed E-state index contributed by atoms with van der Waals surface area (Å²) >= 11 is 3.07. The lowest BCUT2D eigenvalue weighted by Gasteiger charge is -2.29. The van der Waals surface area contributed by atoms with Gasteiger partial charge in [-0.3, -0.25) is 4.79 Å². The van der Waals surface area contributed by atoms with Gasteiger partial charge in [-0.15, -0.1) is 22.7 Å². The smallest absolute Gasteiger partial charge is 0.265 e. The third kappa shape index (κ3) is 2.70. The molecule has 2 aromatic heterocycles. The van der Waals surface area contributed by atoms with E-state index in [2.05, 4.69) is 4.98 Å². The van der Waals surface area contributed by atoms with Crippen LogP contribution in [0.3, 0.4) is 0 Å². The highest BCUT2D eigenvalue weighted by Gasteiger charge is 2.23. The number of aliphatic hydroxyl groups is 1. The zero-order valence-corrected chi connectivity index (χ0v) is 11.9. The molecule has 19 heavy (non-hydrogen) atoms. The number of likely N-dealkylation sites (tertiary alicyclic amines) is 1. The first-order valence-electron chi connectivity index (χ1n) is 6.21. The van der Waals surface area contributed by atoms with E-state index in [1.54, 1.807) is 22.4 Å². The first kappa shape index (κ1) is 12.8. The monoisotopic (exact) mass is 294 g/mol. The van der Waals surface area contributed by atoms with Crippen molar-refractivity contribution in [2.45, 2.75) is 18.9 Å². The normalized spacial score (nSPS) is 16.8. The summed E-state index contributed by atoms with van der Waals surface area (Å²) in [6.07, 6.45) is 2.74. The number of piperidine rings is 1. The van der Waals surface area contributed by atoms with Gasteiger partial charge in [-0.05, 0) is 24.3 Å². The van der Waals surface area contributed by atoms with Gasteiger partial charge in [-0.2, -0.15) is 0 Å². The van der Waals surface area contributed by atoms with Crippen LogP contribution in [0, 0.1) is 0 Å². The Kier molecular flexibility index (Phi) is 3.63. The molecule has 1 aliphatic rings. The minimum absolute atomic E-state index is 0.0345. The van der Waals surface area contributed by atoms with E-state index in [0.717, 1.165) is 9.88 Å². The van der Waals surface area contributed by atoms with Crippen LogP contribution in [0.2, 0.25) is 0 Å². The Hall–Kier alpha value is -1.24. The van der Waals surface area contributed by atoms with Gasteiger partial charge in [-0.25, -0.2) is 4.98 Å². The molecule has 100 valence electrons. The fourth-order valence-corrected chi connectivity index (χ4v) is 3.80. The Morgan fingerprint density at radius 3 is 2.89 bits per heavy atom. The molecule has 4 nitrogen and oxygen atoms in total. The fraction of sp³-hybridized carbons (Fsp3) is 0.385. The number of hydrogen-bond donors (Lipinski definition) is 1. The van der Waals surface area contributed by atoms with Crippen LogP contribution in [0.25, 0.3) is 9.88 Å². The molecular weight excluding hydrogens is 280 g/mol. The van der Waals surface area contributed by atoms with E-state index >= 15 is 0 Å². The fourth-order valence-electron chi connectivity index (χ4n) is 2.11. The quantitative estimate of drug-likeness (QED) is 0.925. The molecule has 0 aromatic carbocycles. The van der Waals surface area contributed by atoms with Crippen LogP contribution in [0.15, 0.2) is 23.7 Å². The zero-order chi connectivity index (χ0) is 13.2. The van der Waals surface area contributed by atoms with Crippen molar-refractivity contribution in [3.8, 4) is 9.88 Å². The Morgan fingerprint density at radius 2 is 2.21 bits per heavy atom. The van der Waals surface area contributed by atoms with Crippen molar-refractivity contribution in [1.29, 1.82) is 0 Å². The molecule has 0 radical (unpaired) electrons. The number of thiophene rings is 1. The van der Waals surface area contributed by atoms with Crippen molar-refractivity contribution in [3.63, 3.8) is 0 Å². The highest BCUT2D eigenvalue weighted by molar-refractivity contribution is 7.21. The van der Waals surface area contributed by atoms with Gasteiger partial charge >= 0.3 is 0 Å². The maximum atomic E-state index is 12.3. The maximum Gasteiger partial charge on any atom is 0.265 e. The molecule has 1 aliphatic heterocycles. The number of amides is 1. The third-order valence-electron chi connectivity index (χ3n) is 3.20. The number of aromatic nitrogens is 1. The molecule has 1 fully saturated rings. The predicted octanol–water partition coefficient (Wildman–Crippen LogP) is 2.47. The lowest BCUT2D eigenvalue weighted by atomic mass is 10.1. The van der Waals surface area contributed by atoms with E-state index in [0.29, 0.717) is 30.8 Å². The Bertz CT molecular complexity index is 557. The number of aliphatic hydroxyl groups excluding tert-OH is 1. The second-order valence-electron chi connectivity index (χ2n) is 4.53. The molecule has 6 heteroatoms. The molecule has 0 unspecified atom stereocenters. The highest BCUT2D eigenvalue weighted by atomic mass is 32.1. The highest BCUT2D eigenvalue weighted by Crippen LogP contribution is 2.29. The van der Waals surface area contributed by atoms with Gasteiger partial charge in [0.2, 0.25) is 0 Å². The van der Waals surface area contributed by atoms with Gasteiger partial charge in [0, 0.05) is 13.1 Å². The van der Waals surface area contributed by atoms with E-state index in [1.165, 1.54) is 11.3 Å². The number of carbonyl (C=O) groups excluding carboxylic acids is 1. The van der Waals surface area contributed by atoms with Gasteiger partial charge in [0.05, 0.1) is 17.2 Å². The Labute approximate surface area is 119 Å². The SMILES string of the molecule is O=C(c1cnc(-c2cccs2)s1)N1CCC(O)CC1. The average molecular weight is 294 g/mol. The van der Waals surface area contributed by atoms with E-state index in [-0.39, 0.29) is 12.0 Å². The summed E-state index contributed by atoms with van der Waals surface area (Å²) < 4.78 is 0. The number of carbonyl (C=O) groups is 1. The molecule has 0 spiro atoms. The minimum atomic E-state index is -0.257. The summed E-state index contributed by atoms with van der Waals surface area (Å²) in [7, 11) is 0. The van der Waals surface area contributed by atoms with Crippen molar-refractivity contribution < 1.29 is 9.90 Å². The van der Waals surface area contributed by atoms with Crippen LogP contribution < -0.4 is 0 Å². The molecule has 3 heterocycles. The van der Waals surface area contributed by atoms with Gasteiger partial charge in [0.15, 0.2) is 0 Å². The average Bonchev–Trinajstić information content (AvgIpc) is 3.10. The summed E-state index contributed by atoms with van der Waals surface area (Å²) in [5, 5.41) is 12.4. The molecule has 2 aromatic rings. The summed E-state index contributed by atoms with van der Waals surface area (Å²) in [6.45, 7) is 1.26. The molecule has 1 N–H and O–H groups in total. The zero-order valence-electron chi connectivity index (χ0n) is 10.3. The van der Waals surface area contributed by atoms with Crippen molar-refractivity contribution in [3.05, 3.63) is 28.6 Å². The molecule has 3 rings (SSSR count). The van der Waals surface area contributed by atoms with E-state index in [4.69, 9.17) is 0 Å². The second-order valence-corrected chi connectivity index (χ2v) is 6.51. The third-order valence-corrected chi connectivity index (χ3v) is 5.22. The number of rotatable bonds is 2.